The van der Waals surface area contributed by atoms with Crippen molar-refractivity contribution in [3.63, 3.8) is 0 Å². The Bertz CT molecular complexity index is 1160. The van der Waals surface area contributed by atoms with E-state index in [-0.39, 0.29) is 11.8 Å². The molecular formula is C18H17N9O. The van der Waals surface area contributed by atoms with Gasteiger partial charge in [-0.1, -0.05) is 0 Å². The predicted molar refractivity (Wildman–Crippen MR) is 102 cm³/mol. The van der Waals surface area contributed by atoms with Crippen LogP contribution in [-0.2, 0) is 4.79 Å². The number of imidazole rings is 1. The van der Waals surface area contributed by atoms with Gasteiger partial charge in [-0.15, -0.1) is 0 Å². The summed E-state index contributed by atoms with van der Waals surface area (Å²) in [6, 6.07) is 7.21. The molecule has 3 N–H and O–H groups in total. The summed E-state index contributed by atoms with van der Waals surface area (Å²) in [6.45, 7) is 1.79. The number of anilines is 3. The number of aryl methyl sites for hydroxylation is 1. The molecule has 1 aliphatic rings. The number of fused-ring (bicyclic) bond motifs is 1. The van der Waals surface area contributed by atoms with Gasteiger partial charge in [0.05, 0.1) is 5.69 Å². The summed E-state index contributed by atoms with van der Waals surface area (Å²) >= 11 is 0. The standard InChI is InChI=1S/C18H17N9O/c1-10-21-12(9-14(22-10)24-18(28)11-4-5-11)16-17(23-13-6-8-19-26-13)25-15-3-2-7-20-27(15)16/h2-3,6-9,11H,4-5H2,1H3,(H2,19,23,26)(H,21,22,24,28). The van der Waals surface area contributed by atoms with Gasteiger partial charge >= 0.3 is 0 Å². The van der Waals surface area contributed by atoms with E-state index in [2.05, 4.69) is 40.9 Å². The minimum atomic E-state index is -0.00446. The first-order chi connectivity index (χ1) is 13.7. The molecule has 4 heterocycles. The van der Waals surface area contributed by atoms with Gasteiger partial charge in [-0.25, -0.2) is 19.5 Å². The highest BCUT2D eigenvalue weighted by molar-refractivity contribution is 5.93. The summed E-state index contributed by atoms with van der Waals surface area (Å²) in [7, 11) is 0. The van der Waals surface area contributed by atoms with Crippen molar-refractivity contribution in [3.8, 4) is 11.4 Å². The van der Waals surface area contributed by atoms with Crippen LogP contribution >= 0.6 is 0 Å². The second kappa shape index (κ2) is 6.41. The zero-order chi connectivity index (χ0) is 19.1. The number of aromatic amines is 1. The molecule has 0 aliphatic heterocycles. The van der Waals surface area contributed by atoms with E-state index in [1.54, 1.807) is 36.0 Å². The van der Waals surface area contributed by atoms with E-state index in [4.69, 9.17) is 0 Å². The molecule has 0 atom stereocenters. The normalized spacial score (nSPS) is 13.6. The monoisotopic (exact) mass is 375 g/mol. The molecule has 5 rings (SSSR count). The summed E-state index contributed by atoms with van der Waals surface area (Å²) in [5.41, 5.74) is 1.92. The van der Waals surface area contributed by atoms with Crippen LogP contribution in [0.4, 0.5) is 17.5 Å². The molecule has 0 radical (unpaired) electrons. The van der Waals surface area contributed by atoms with Crippen LogP contribution < -0.4 is 10.6 Å². The third kappa shape index (κ3) is 3.04. The molecular weight excluding hydrogens is 358 g/mol. The van der Waals surface area contributed by atoms with Crippen molar-refractivity contribution in [3.05, 3.63) is 42.5 Å². The zero-order valence-electron chi connectivity index (χ0n) is 15.0. The van der Waals surface area contributed by atoms with Crippen molar-refractivity contribution < 1.29 is 4.79 Å². The van der Waals surface area contributed by atoms with Crippen LogP contribution in [0.5, 0.6) is 0 Å². The second-order valence-corrected chi connectivity index (χ2v) is 6.64. The van der Waals surface area contributed by atoms with Gasteiger partial charge in [-0.3, -0.25) is 9.89 Å². The summed E-state index contributed by atoms with van der Waals surface area (Å²) < 4.78 is 1.70. The molecule has 1 aliphatic carbocycles. The smallest absolute Gasteiger partial charge is 0.228 e. The minimum Gasteiger partial charge on any atom is -0.322 e. The largest absolute Gasteiger partial charge is 0.322 e. The van der Waals surface area contributed by atoms with Crippen LogP contribution in [0.3, 0.4) is 0 Å². The van der Waals surface area contributed by atoms with E-state index < -0.39 is 0 Å². The number of nitrogens with zero attached hydrogens (tertiary/aromatic N) is 6. The van der Waals surface area contributed by atoms with Crippen LogP contribution in [0, 0.1) is 12.8 Å². The Morgan fingerprint density at radius 3 is 2.89 bits per heavy atom. The summed E-state index contributed by atoms with van der Waals surface area (Å²) in [5, 5.41) is 17.4. The average Bonchev–Trinajstić information content (AvgIpc) is 3.29. The number of H-pyrrole nitrogens is 1. The van der Waals surface area contributed by atoms with Crippen molar-refractivity contribution in [2.24, 2.45) is 5.92 Å². The minimum absolute atomic E-state index is 0.00446. The molecule has 0 aromatic carbocycles. The van der Waals surface area contributed by atoms with Gasteiger partial charge in [0, 0.05) is 30.4 Å². The number of hydrogen-bond donors (Lipinski definition) is 3. The first kappa shape index (κ1) is 16.4. The van der Waals surface area contributed by atoms with Gasteiger partial charge in [0.2, 0.25) is 5.91 Å². The van der Waals surface area contributed by atoms with Gasteiger partial charge in [0.15, 0.2) is 17.3 Å². The summed E-state index contributed by atoms with van der Waals surface area (Å²) in [4.78, 5) is 25.7. The van der Waals surface area contributed by atoms with Crippen molar-refractivity contribution in [1.29, 1.82) is 0 Å². The molecule has 1 saturated carbocycles. The van der Waals surface area contributed by atoms with Gasteiger partial charge in [-0.2, -0.15) is 10.2 Å². The lowest BCUT2D eigenvalue weighted by atomic mass is 10.2. The molecule has 0 bridgehead atoms. The molecule has 4 aromatic rings. The molecule has 10 nitrogen and oxygen atoms in total. The van der Waals surface area contributed by atoms with Crippen molar-refractivity contribution in [2.45, 2.75) is 19.8 Å². The van der Waals surface area contributed by atoms with E-state index in [0.717, 1.165) is 12.8 Å². The van der Waals surface area contributed by atoms with Crippen molar-refractivity contribution in [2.75, 3.05) is 10.6 Å². The number of amides is 1. The summed E-state index contributed by atoms with van der Waals surface area (Å²) in [5.74, 6) is 2.28. The molecule has 1 fully saturated rings. The maximum absolute atomic E-state index is 12.1. The van der Waals surface area contributed by atoms with Gasteiger partial charge in [-0.05, 0) is 31.9 Å². The molecule has 140 valence electrons. The Labute approximate surface area is 159 Å². The Kier molecular flexibility index (Phi) is 3.75. The fourth-order valence-corrected chi connectivity index (χ4v) is 2.98. The lowest BCUT2D eigenvalue weighted by Crippen LogP contribution is -2.15. The van der Waals surface area contributed by atoms with E-state index in [1.807, 2.05) is 12.1 Å². The highest BCUT2D eigenvalue weighted by atomic mass is 16.2. The fraction of sp³-hybridized carbons (Fsp3) is 0.222. The zero-order valence-corrected chi connectivity index (χ0v) is 15.0. The van der Waals surface area contributed by atoms with Crippen molar-refractivity contribution >= 4 is 29.0 Å². The van der Waals surface area contributed by atoms with Crippen LogP contribution in [0.2, 0.25) is 0 Å². The van der Waals surface area contributed by atoms with E-state index >= 15 is 0 Å². The third-order valence-corrected chi connectivity index (χ3v) is 4.42. The van der Waals surface area contributed by atoms with Crippen LogP contribution in [0.1, 0.15) is 18.7 Å². The second-order valence-electron chi connectivity index (χ2n) is 6.64. The quantitative estimate of drug-likeness (QED) is 0.488. The molecule has 10 heteroatoms. The lowest BCUT2D eigenvalue weighted by molar-refractivity contribution is -0.117. The first-order valence-corrected chi connectivity index (χ1v) is 8.95. The SMILES string of the molecule is Cc1nc(NC(=O)C2CC2)cc(-c2c(Nc3cc[nH]n3)nc3cccnn23)n1. The van der Waals surface area contributed by atoms with Gasteiger partial charge in [0.25, 0.3) is 0 Å². The van der Waals surface area contributed by atoms with Gasteiger partial charge in [0.1, 0.15) is 17.3 Å². The Balaban J connectivity index is 1.61. The van der Waals surface area contributed by atoms with Crippen LogP contribution in [0.15, 0.2) is 36.7 Å². The highest BCUT2D eigenvalue weighted by Gasteiger charge is 2.30. The predicted octanol–water partition coefficient (Wildman–Crippen LogP) is 2.31. The van der Waals surface area contributed by atoms with E-state index in [0.29, 0.717) is 40.3 Å². The number of carbonyl (C=O) groups excluding carboxylic acids is 1. The number of nitrogens with one attached hydrogen (secondary N) is 3. The molecule has 28 heavy (non-hydrogen) atoms. The van der Waals surface area contributed by atoms with Crippen molar-refractivity contribution in [1.82, 2.24) is 34.8 Å². The molecule has 0 spiro atoms. The number of carbonyl (C=O) groups is 1. The molecule has 1 amide bonds. The maximum Gasteiger partial charge on any atom is 0.228 e. The topological polar surface area (TPSA) is 126 Å². The van der Waals surface area contributed by atoms with Crippen LogP contribution in [-0.4, -0.2) is 40.7 Å². The fourth-order valence-electron chi connectivity index (χ4n) is 2.98. The number of hydrogen-bond acceptors (Lipinski definition) is 7. The maximum atomic E-state index is 12.1. The average molecular weight is 375 g/mol. The van der Waals surface area contributed by atoms with E-state index in [9.17, 15) is 4.79 Å². The van der Waals surface area contributed by atoms with E-state index in [1.165, 1.54) is 0 Å². The lowest BCUT2D eigenvalue weighted by Gasteiger charge is -2.09. The molecule has 0 saturated heterocycles. The van der Waals surface area contributed by atoms with Crippen LogP contribution in [0.25, 0.3) is 17.0 Å². The van der Waals surface area contributed by atoms with Gasteiger partial charge < -0.3 is 10.6 Å². The third-order valence-electron chi connectivity index (χ3n) is 4.42. The summed E-state index contributed by atoms with van der Waals surface area (Å²) in [6.07, 6.45) is 5.26. The molecule has 4 aromatic heterocycles. The Morgan fingerprint density at radius 1 is 1.21 bits per heavy atom. The highest BCUT2D eigenvalue weighted by Crippen LogP contribution is 2.32. The molecule has 0 unspecified atom stereocenters. The number of aromatic nitrogens is 7. The first-order valence-electron chi connectivity index (χ1n) is 8.95. The Hall–Kier alpha value is -3.82. The Morgan fingerprint density at radius 2 is 2.11 bits per heavy atom. The number of rotatable bonds is 5.